The van der Waals surface area contributed by atoms with E-state index in [4.69, 9.17) is 9.84 Å². The number of carbonyl (C=O) groups is 3. The van der Waals surface area contributed by atoms with Crippen LogP contribution in [0.25, 0.3) is 0 Å². The largest absolute Gasteiger partial charge is 0.481 e. The summed E-state index contributed by atoms with van der Waals surface area (Å²) in [6.45, 7) is 7.17. The van der Waals surface area contributed by atoms with E-state index in [9.17, 15) is 14.4 Å². The predicted molar refractivity (Wildman–Crippen MR) is 81.3 cm³/mol. The second-order valence-electron chi connectivity index (χ2n) is 5.21. The molecule has 0 aromatic rings. The fourth-order valence-electron chi connectivity index (χ4n) is 1.76. The third-order valence-electron chi connectivity index (χ3n) is 2.99. The molecule has 0 bridgehead atoms. The number of hydrogen-bond acceptors (Lipinski definition) is 5. The first-order chi connectivity index (χ1) is 10.4. The van der Waals surface area contributed by atoms with Crippen LogP contribution in [0.15, 0.2) is 12.2 Å². The molecule has 0 aromatic carbocycles. The van der Waals surface area contributed by atoms with Crippen LogP contribution in [-0.2, 0) is 23.9 Å². The molecule has 0 unspecified atom stereocenters. The van der Waals surface area contributed by atoms with Crippen molar-refractivity contribution in [3.05, 3.63) is 12.2 Å². The molecule has 0 spiro atoms. The van der Waals surface area contributed by atoms with E-state index < -0.39 is 17.9 Å². The monoisotopic (exact) mass is 314 g/mol. The van der Waals surface area contributed by atoms with E-state index in [1.165, 1.54) is 6.42 Å². The maximum atomic E-state index is 11.7. The van der Waals surface area contributed by atoms with Gasteiger partial charge in [0.1, 0.15) is 6.61 Å². The molecule has 0 rings (SSSR count). The summed E-state index contributed by atoms with van der Waals surface area (Å²) in [5.74, 6) is -2.35. The van der Waals surface area contributed by atoms with Crippen LogP contribution >= 0.6 is 0 Å². The lowest BCUT2D eigenvalue weighted by atomic mass is 10.1. The van der Waals surface area contributed by atoms with Crippen molar-refractivity contribution in [2.45, 2.75) is 64.9 Å². The highest BCUT2D eigenvalue weighted by Gasteiger charge is 2.16. The maximum Gasteiger partial charge on any atom is 0.334 e. The summed E-state index contributed by atoms with van der Waals surface area (Å²) in [4.78, 5) is 33.4. The van der Waals surface area contributed by atoms with E-state index >= 15 is 0 Å². The molecule has 0 aliphatic rings. The van der Waals surface area contributed by atoms with Gasteiger partial charge in [-0.2, -0.15) is 0 Å². The average Bonchev–Trinajstić information content (AvgIpc) is 2.42. The number of carboxylic acids is 1. The molecule has 0 aromatic heterocycles. The predicted octanol–water partition coefficient (Wildman–Crippen LogP) is 2.85. The number of hydrogen-bond donors (Lipinski definition) is 1. The molecule has 0 saturated heterocycles. The van der Waals surface area contributed by atoms with Crippen LogP contribution in [0.5, 0.6) is 0 Å². The summed E-state index contributed by atoms with van der Waals surface area (Å²) in [6, 6.07) is 0. The third-order valence-corrected chi connectivity index (χ3v) is 2.99. The fraction of sp³-hybridized carbons (Fsp3) is 0.688. The van der Waals surface area contributed by atoms with Crippen LogP contribution in [0.1, 0.15) is 58.8 Å². The highest BCUT2D eigenvalue weighted by molar-refractivity contribution is 5.93. The summed E-state index contributed by atoms with van der Waals surface area (Å²) in [5.41, 5.74) is -0.0337. The first-order valence-electron chi connectivity index (χ1n) is 7.63. The first kappa shape index (κ1) is 20.1. The Morgan fingerprint density at radius 2 is 1.86 bits per heavy atom. The van der Waals surface area contributed by atoms with Gasteiger partial charge in [0.05, 0.1) is 18.9 Å². The summed E-state index contributed by atoms with van der Waals surface area (Å²) >= 11 is 0. The van der Waals surface area contributed by atoms with Gasteiger partial charge in [0, 0.05) is 5.57 Å². The number of rotatable bonds is 12. The van der Waals surface area contributed by atoms with Crippen molar-refractivity contribution in [2.24, 2.45) is 0 Å². The Morgan fingerprint density at radius 1 is 1.18 bits per heavy atom. The van der Waals surface area contributed by atoms with Crippen molar-refractivity contribution < 1.29 is 29.0 Å². The van der Waals surface area contributed by atoms with Crippen molar-refractivity contribution in [2.75, 3.05) is 6.61 Å². The number of esters is 2. The molecule has 6 heteroatoms. The molecule has 0 aliphatic carbocycles. The lowest BCUT2D eigenvalue weighted by molar-refractivity contribution is -0.150. The molecular formula is C16H26O6. The van der Waals surface area contributed by atoms with E-state index in [1.54, 1.807) is 0 Å². The quantitative estimate of drug-likeness (QED) is 0.338. The Morgan fingerprint density at radius 3 is 2.45 bits per heavy atom. The van der Waals surface area contributed by atoms with Crippen LogP contribution in [0, 0.1) is 0 Å². The van der Waals surface area contributed by atoms with Gasteiger partial charge in [0.25, 0.3) is 0 Å². The third kappa shape index (κ3) is 10.9. The molecule has 1 N–H and O–H groups in total. The van der Waals surface area contributed by atoms with Gasteiger partial charge in [0.2, 0.25) is 0 Å². The van der Waals surface area contributed by atoms with Crippen LogP contribution in [-0.4, -0.2) is 35.7 Å². The smallest absolute Gasteiger partial charge is 0.334 e. The van der Waals surface area contributed by atoms with E-state index in [1.807, 2.05) is 6.92 Å². The minimum absolute atomic E-state index is 0.0337. The number of carbonyl (C=O) groups excluding carboxylic acids is 2. The van der Waals surface area contributed by atoms with Gasteiger partial charge in [-0.3, -0.25) is 9.59 Å². The van der Waals surface area contributed by atoms with Crippen molar-refractivity contribution in [3.63, 3.8) is 0 Å². The standard InChI is InChI=1S/C16H26O6/c1-4-5-6-7-8-13(3)22-15(19)11-12(2)16(20)21-10-9-14(17)18/h13H,2,4-11H2,1,3H3,(H,17,18)/t13-/m1/s1. The summed E-state index contributed by atoms with van der Waals surface area (Å²) < 4.78 is 9.88. The summed E-state index contributed by atoms with van der Waals surface area (Å²) in [6.07, 6.45) is 4.50. The Balaban J connectivity index is 3.91. The second-order valence-corrected chi connectivity index (χ2v) is 5.21. The van der Waals surface area contributed by atoms with Gasteiger partial charge in [-0.15, -0.1) is 0 Å². The fourth-order valence-corrected chi connectivity index (χ4v) is 1.76. The van der Waals surface area contributed by atoms with Crippen molar-refractivity contribution in [1.82, 2.24) is 0 Å². The molecule has 0 amide bonds. The minimum atomic E-state index is -1.06. The Kier molecular flexibility index (Phi) is 10.8. The van der Waals surface area contributed by atoms with Crippen LogP contribution in [0.3, 0.4) is 0 Å². The number of unbranched alkanes of at least 4 members (excludes halogenated alkanes) is 3. The maximum absolute atomic E-state index is 11.7. The highest BCUT2D eigenvalue weighted by Crippen LogP contribution is 2.10. The lowest BCUT2D eigenvalue weighted by Crippen LogP contribution is -2.18. The van der Waals surface area contributed by atoms with Gasteiger partial charge in [-0.05, 0) is 19.8 Å². The zero-order valence-electron chi connectivity index (χ0n) is 13.4. The SMILES string of the molecule is C=C(CC(=O)O[C@H](C)CCCCCC)C(=O)OCCC(=O)O. The molecule has 1 atom stereocenters. The first-order valence-corrected chi connectivity index (χ1v) is 7.63. The van der Waals surface area contributed by atoms with Gasteiger partial charge in [-0.25, -0.2) is 4.79 Å². The van der Waals surface area contributed by atoms with Gasteiger partial charge >= 0.3 is 17.9 Å². The normalized spacial score (nSPS) is 11.5. The molecule has 0 radical (unpaired) electrons. The highest BCUT2D eigenvalue weighted by atomic mass is 16.5. The molecular weight excluding hydrogens is 288 g/mol. The molecule has 0 fully saturated rings. The average molecular weight is 314 g/mol. The van der Waals surface area contributed by atoms with E-state index in [2.05, 4.69) is 18.2 Å². The Bertz CT molecular complexity index is 388. The second kappa shape index (κ2) is 11.8. The zero-order chi connectivity index (χ0) is 17.0. The van der Waals surface area contributed by atoms with Crippen LogP contribution in [0.2, 0.25) is 0 Å². The van der Waals surface area contributed by atoms with Crippen molar-refractivity contribution in [1.29, 1.82) is 0 Å². The van der Waals surface area contributed by atoms with E-state index in [-0.39, 0.29) is 31.1 Å². The van der Waals surface area contributed by atoms with Crippen molar-refractivity contribution >= 4 is 17.9 Å². The van der Waals surface area contributed by atoms with Crippen LogP contribution in [0.4, 0.5) is 0 Å². The van der Waals surface area contributed by atoms with Gasteiger partial charge < -0.3 is 14.6 Å². The molecule has 0 heterocycles. The summed E-state index contributed by atoms with van der Waals surface area (Å²) in [5, 5.41) is 8.43. The van der Waals surface area contributed by atoms with Crippen LogP contribution < -0.4 is 0 Å². The minimum Gasteiger partial charge on any atom is -0.481 e. The number of carboxylic acid groups (broad SMARTS) is 1. The summed E-state index contributed by atoms with van der Waals surface area (Å²) in [7, 11) is 0. The van der Waals surface area contributed by atoms with E-state index in [0.29, 0.717) is 0 Å². The zero-order valence-corrected chi connectivity index (χ0v) is 13.4. The van der Waals surface area contributed by atoms with Crippen molar-refractivity contribution in [3.8, 4) is 0 Å². The Hall–Kier alpha value is -1.85. The molecule has 0 saturated carbocycles. The molecule has 126 valence electrons. The lowest BCUT2D eigenvalue weighted by Gasteiger charge is -2.13. The molecule has 22 heavy (non-hydrogen) atoms. The molecule has 6 nitrogen and oxygen atoms in total. The number of aliphatic carboxylic acids is 1. The van der Waals surface area contributed by atoms with E-state index in [0.717, 1.165) is 25.7 Å². The molecule has 0 aliphatic heterocycles. The Labute approximate surface area is 131 Å². The number of ether oxygens (including phenoxy) is 2. The van der Waals surface area contributed by atoms with Gasteiger partial charge in [-0.1, -0.05) is 32.8 Å². The van der Waals surface area contributed by atoms with Gasteiger partial charge in [0.15, 0.2) is 0 Å². The topological polar surface area (TPSA) is 89.9 Å².